The van der Waals surface area contributed by atoms with Crippen molar-refractivity contribution in [2.75, 3.05) is 46.6 Å². The molecular weight excluding hydrogens is 369 g/mol. The van der Waals surface area contributed by atoms with Crippen molar-refractivity contribution < 1.29 is 9.47 Å². The fourth-order valence-corrected chi connectivity index (χ4v) is 1.66. The molecule has 1 saturated carbocycles. The van der Waals surface area contributed by atoms with Crippen molar-refractivity contribution in [3.8, 4) is 0 Å². The lowest BCUT2D eigenvalue weighted by Gasteiger charge is -2.11. The Labute approximate surface area is 140 Å². The lowest BCUT2D eigenvalue weighted by molar-refractivity contribution is 0.123. The highest BCUT2D eigenvalue weighted by atomic mass is 127. The number of hydrogen-bond donors (Lipinski definition) is 2. The van der Waals surface area contributed by atoms with Crippen LogP contribution in [0.25, 0.3) is 0 Å². The average molecular weight is 399 g/mol. The van der Waals surface area contributed by atoms with Crippen molar-refractivity contribution in [1.82, 2.24) is 10.6 Å². The van der Waals surface area contributed by atoms with Gasteiger partial charge in [-0.05, 0) is 38.5 Å². The van der Waals surface area contributed by atoms with Gasteiger partial charge < -0.3 is 20.1 Å². The Morgan fingerprint density at radius 3 is 2.20 bits per heavy atom. The van der Waals surface area contributed by atoms with Crippen LogP contribution in [0.3, 0.4) is 0 Å². The van der Waals surface area contributed by atoms with E-state index in [1.165, 1.54) is 12.8 Å². The molecule has 0 heterocycles. The first-order valence-corrected chi connectivity index (χ1v) is 7.46. The minimum absolute atomic E-state index is 0. The van der Waals surface area contributed by atoms with Crippen LogP contribution in [0.4, 0.5) is 0 Å². The number of ether oxygens (including phenoxy) is 2. The zero-order valence-electron chi connectivity index (χ0n) is 12.8. The van der Waals surface area contributed by atoms with Crippen molar-refractivity contribution >= 4 is 29.9 Å². The van der Waals surface area contributed by atoms with Crippen LogP contribution in [0.1, 0.15) is 32.6 Å². The topological polar surface area (TPSA) is 54.9 Å². The van der Waals surface area contributed by atoms with Crippen LogP contribution in [0.5, 0.6) is 0 Å². The fraction of sp³-hybridized carbons (Fsp3) is 0.929. The van der Waals surface area contributed by atoms with Gasteiger partial charge in [-0.15, -0.1) is 24.0 Å². The summed E-state index contributed by atoms with van der Waals surface area (Å²) in [5.74, 6) is 1.71. The number of nitrogens with one attached hydrogen (secondary N) is 2. The van der Waals surface area contributed by atoms with Crippen molar-refractivity contribution in [3.05, 3.63) is 0 Å². The smallest absolute Gasteiger partial charge is 0.190 e. The van der Waals surface area contributed by atoms with E-state index in [9.17, 15) is 0 Å². The molecule has 0 atom stereocenters. The Kier molecular flexibility index (Phi) is 13.8. The quantitative estimate of drug-likeness (QED) is 0.242. The molecule has 1 aliphatic carbocycles. The molecule has 0 aromatic heterocycles. The molecule has 1 rings (SSSR count). The Hall–Kier alpha value is -0.0800. The molecule has 0 aromatic carbocycles. The number of nitrogens with zero attached hydrogens (tertiary/aromatic N) is 1. The van der Waals surface area contributed by atoms with Crippen LogP contribution in [-0.4, -0.2) is 52.5 Å². The highest BCUT2D eigenvalue weighted by Crippen LogP contribution is 2.28. The second-order valence-electron chi connectivity index (χ2n) is 4.85. The van der Waals surface area contributed by atoms with Gasteiger partial charge in [-0.2, -0.15) is 0 Å². The summed E-state index contributed by atoms with van der Waals surface area (Å²) in [6.45, 7) is 7.17. The molecule has 120 valence electrons. The summed E-state index contributed by atoms with van der Waals surface area (Å²) in [6.07, 6.45) is 4.73. The number of rotatable bonds is 11. The van der Waals surface area contributed by atoms with Crippen LogP contribution in [0.2, 0.25) is 0 Å². The molecule has 0 aromatic rings. The Morgan fingerprint density at radius 1 is 1.10 bits per heavy atom. The van der Waals surface area contributed by atoms with Crippen molar-refractivity contribution in [1.29, 1.82) is 0 Å². The summed E-state index contributed by atoms with van der Waals surface area (Å²) in [5, 5.41) is 6.55. The van der Waals surface area contributed by atoms with Crippen LogP contribution >= 0.6 is 24.0 Å². The lowest BCUT2D eigenvalue weighted by atomic mass is 10.4. The maximum atomic E-state index is 5.58. The molecule has 0 radical (unpaired) electrons. The maximum absolute atomic E-state index is 5.58. The number of guanidine groups is 1. The van der Waals surface area contributed by atoms with E-state index >= 15 is 0 Å². The molecule has 0 amide bonds. The zero-order chi connectivity index (χ0) is 13.8. The average Bonchev–Trinajstić information content (AvgIpc) is 3.24. The molecule has 0 saturated heterocycles. The third-order valence-electron chi connectivity index (χ3n) is 2.99. The van der Waals surface area contributed by atoms with Crippen LogP contribution in [-0.2, 0) is 9.47 Å². The lowest BCUT2D eigenvalue weighted by Crippen LogP contribution is -2.38. The monoisotopic (exact) mass is 399 g/mol. The van der Waals surface area contributed by atoms with Crippen LogP contribution in [0, 0.1) is 5.92 Å². The highest BCUT2D eigenvalue weighted by molar-refractivity contribution is 14.0. The minimum Gasteiger partial charge on any atom is -0.382 e. The Morgan fingerprint density at radius 2 is 1.70 bits per heavy atom. The van der Waals surface area contributed by atoms with Gasteiger partial charge in [0.1, 0.15) is 0 Å². The largest absolute Gasteiger partial charge is 0.382 e. The van der Waals surface area contributed by atoms with Crippen molar-refractivity contribution in [3.63, 3.8) is 0 Å². The Balaban J connectivity index is 0.00000361. The first-order valence-electron chi connectivity index (χ1n) is 7.46. The first-order chi connectivity index (χ1) is 9.36. The standard InChI is InChI=1S/C14H29N3O2.HI/c1-3-18-10-4-8-16-14(15-2)17-9-5-11-19-12-13-6-7-13;/h13H,3-12H2,1-2H3,(H2,15,16,17);1H. The molecule has 6 heteroatoms. The zero-order valence-corrected chi connectivity index (χ0v) is 15.2. The molecule has 0 spiro atoms. The first kappa shape index (κ1) is 19.9. The van der Waals surface area contributed by atoms with E-state index in [0.29, 0.717) is 0 Å². The summed E-state index contributed by atoms with van der Waals surface area (Å²) in [5.41, 5.74) is 0. The summed E-state index contributed by atoms with van der Waals surface area (Å²) < 4.78 is 10.9. The van der Waals surface area contributed by atoms with Gasteiger partial charge in [0.25, 0.3) is 0 Å². The molecule has 1 fully saturated rings. The van der Waals surface area contributed by atoms with Gasteiger partial charge >= 0.3 is 0 Å². The molecule has 0 aliphatic heterocycles. The molecule has 0 unspecified atom stereocenters. The van der Waals surface area contributed by atoms with E-state index in [2.05, 4.69) is 15.6 Å². The van der Waals surface area contributed by atoms with Crippen LogP contribution in [0.15, 0.2) is 4.99 Å². The van der Waals surface area contributed by atoms with E-state index < -0.39 is 0 Å². The number of aliphatic imine (C=N–C) groups is 1. The maximum Gasteiger partial charge on any atom is 0.190 e. The molecule has 1 aliphatic rings. The molecule has 20 heavy (non-hydrogen) atoms. The molecule has 5 nitrogen and oxygen atoms in total. The summed E-state index contributed by atoms with van der Waals surface area (Å²) in [4.78, 5) is 4.17. The van der Waals surface area contributed by atoms with E-state index in [0.717, 1.165) is 64.2 Å². The van der Waals surface area contributed by atoms with E-state index in [4.69, 9.17) is 9.47 Å². The highest BCUT2D eigenvalue weighted by Gasteiger charge is 2.20. The molecular formula is C14H30IN3O2. The van der Waals surface area contributed by atoms with E-state index in [1.54, 1.807) is 7.05 Å². The van der Waals surface area contributed by atoms with Gasteiger partial charge in [0.2, 0.25) is 0 Å². The number of hydrogen-bond acceptors (Lipinski definition) is 3. The van der Waals surface area contributed by atoms with Gasteiger partial charge in [-0.3, -0.25) is 4.99 Å². The van der Waals surface area contributed by atoms with Gasteiger partial charge in [0, 0.05) is 46.6 Å². The van der Waals surface area contributed by atoms with E-state index in [-0.39, 0.29) is 24.0 Å². The Bertz CT molecular complexity index is 249. The van der Waals surface area contributed by atoms with Gasteiger partial charge in [-0.25, -0.2) is 0 Å². The summed E-state index contributed by atoms with van der Waals surface area (Å²) in [7, 11) is 1.79. The van der Waals surface area contributed by atoms with Gasteiger partial charge in [-0.1, -0.05) is 0 Å². The van der Waals surface area contributed by atoms with Gasteiger partial charge in [0.05, 0.1) is 0 Å². The van der Waals surface area contributed by atoms with Crippen molar-refractivity contribution in [2.24, 2.45) is 10.9 Å². The second-order valence-corrected chi connectivity index (χ2v) is 4.85. The fourth-order valence-electron chi connectivity index (χ4n) is 1.66. The minimum atomic E-state index is 0. The molecule has 0 bridgehead atoms. The normalized spacial score (nSPS) is 14.8. The predicted octanol–water partition coefficient (Wildman–Crippen LogP) is 2.01. The predicted molar refractivity (Wildman–Crippen MR) is 94.0 cm³/mol. The number of halogens is 1. The third kappa shape index (κ3) is 11.7. The van der Waals surface area contributed by atoms with Crippen LogP contribution < -0.4 is 10.6 Å². The van der Waals surface area contributed by atoms with E-state index in [1.807, 2.05) is 6.92 Å². The molecule has 2 N–H and O–H groups in total. The summed E-state index contributed by atoms with van der Waals surface area (Å²) in [6, 6.07) is 0. The third-order valence-corrected chi connectivity index (χ3v) is 2.99. The van der Waals surface area contributed by atoms with Gasteiger partial charge in [0.15, 0.2) is 5.96 Å². The SMILES string of the molecule is CCOCCCNC(=NC)NCCCOCC1CC1.I. The van der Waals surface area contributed by atoms with Crippen molar-refractivity contribution in [2.45, 2.75) is 32.6 Å². The second kappa shape index (κ2) is 13.9. The summed E-state index contributed by atoms with van der Waals surface area (Å²) >= 11 is 0.